The second-order valence-corrected chi connectivity index (χ2v) is 5.41. The van der Waals surface area contributed by atoms with Crippen LogP contribution >= 0.6 is 35.0 Å². The highest BCUT2D eigenvalue weighted by Crippen LogP contribution is 2.36. The minimum absolute atomic E-state index is 0.0411. The van der Waals surface area contributed by atoms with E-state index in [-0.39, 0.29) is 5.69 Å². The van der Waals surface area contributed by atoms with Gasteiger partial charge in [-0.05, 0) is 36.4 Å². The first-order valence-corrected chi connectivity index (χ1v) is 6.51. The minimum Gasteiger partial charge on any atom is -0.258 e. The van der Waals surface area contributed by atoms with E-state index in [9.17, 15) is 10.1 Å². The fraction of sp³-hybridized carbons (Fsp3) is 0. The number of nitrogens with zero attached hydrogens (tertiary/aromatic N) is 1. The molecule has 0 amide bonds. The summed E-state index contributed by atoms with van der Waals surface area (Å²) in [5.41, 5.74) is 0.0411. The van der Waals surface area contributed by atoms with Gasteiger partial charge in [-0.15, -0.1) is 0 Å². The monoisotopic (exact) mass is 299 g/mol. The summed E-state index contributed by atoms with van der Waals surface area (Å²) in [5.74, 6) is 0. The van der Waals surface area contributed by atoms with Gasteiger partial charge in [-0.3, -0.25) is 10.1 Å². The summed E-state index contributed by atoms with van der Waals surface area (Å²) in [5, 5.41) is 12.0. The first-order chi connectivity index (χ1) is 8.56. The third-order valence-electron chi connectivity index (χ3n) is 2.16. The highest BCUT2D eigenvalue weighted by atomic mass is 35.5. The Hall–Kier alpha value is -1.23. The van der Waals surface area contributed by atoms with E-state index in [2.05, 4.69) is 0 Å². The Balaban J connectivity index is 2.35. The van der Waals surface area contributed by atoms with E-state index < -0.39 is 4.92 Å². The van der Waals surface area contributed by atoms with E-state index in [1.165, 1.54) is 23.9 Å². The Morgan fingerprint density at radius 2 is 1.61 bits per heavy atom. The lowest BCUT2D eigenvalue weighted by molar-refractivity contribution is -0.387. The summed E-state index contributed by atoms with van der Waals surface area (Å²) in [7, 11) is 0. The molecule has 0 bridgehead atoms. The number of nitro benzene ring substituents is 1. The largest absolute Gasteiger partial charge is 0.283 e. The quantitative estimate of drug-likeness (QED) is 0.588. The van der Waals surface area contributed by atoms with Gasteiger partial charge in [0.2, 0.25) is 0 Å². The normalized spacial score (nSPS) is 10.3. The average Bonchev–Trinajstić information content (AvgIpc) is 2.32. The van der Waals surface area contributed by atoms with Crippen molar-refractivity contribution in [3.63, 3.8) is 0 Å². The molecule has 0 atom stereocenters. The summed E-state index contributed by atoms with van der Waals surface area (Å²) in [6.45, 7) is 0. The molecule has 0 saturated heterocycles. The molecule has 3 nitrogen and oxygen atoms in total. The molecule has 0 saturated carbocycles. The van der Waals surface area contributed by atoms with E-state index in [4.69, 9.17) is 23.2 Å². The van der Waals surface area contributed by atoms with Crippen molar-refractivity contribution in [1.82, 2.24) is 0 Å². The van der Waals surface area contributed by atoms with Crippen molar-refractivity contribution in [3.8, 4) is 0 Å². The maximum Gasteiger partial charge on any atom is 0.283 e. The van der Waals surface area contributed by atoms with Gasteiger partial charge in [0.15, 0.2) is 0 Å². The first-order valence-electron chi connectivity index (χ1n) is 4.93. The molecule has 18 heavy (non-hydrogen) atoms. The fourth-order valence-electron chi connectivity index (χ4n) is 1.35. The van der Waals surface area contributed by atoms with Crippen molar-refractivity contribution in [3.05, 3.63) is 62.6 Å². The van der Waals surface area contributed by atoms with Gasteiger partial charge in [0, 0.05) is 21.0 Å². The van der Waals surface area contributed by atoms with Crippen LogP contribution in [-0.4, -0.2) is 4.92 Å². The topological polar surface area (TPSA) is 43.1 Å². The maximum absolute atomic E-state index is 10.9. The molecule has 0 aromatic heterocycles. The molecule has 0 radical (unpaired) electrons. The van der Waals surface area contributed by atoms with Crippen LogP contribution in [0.1, 0.15) is 0 Å². The molecule has 6 heteroatoms. The number of rotatable bonds is 3. The average molecular weight is 300 g/mol. The summed E-state index contributed by atoms with van der Waals surface area (Å²) < 4.78 is 0. The summed E-state index contributed by atoms with van der Waals surface area (Å²) in [4.78, 5) is 11.9. The second kappa shape index (κ2) is 5.61. The van der Waals surface area contributed by atoms with Gasteiger partial charge in [0.05, 0.1) is 9.82 Å². The van der Waals surface area contributed by atoms with Crippen molar-refractivity contribution >= 4 is 40.7 Å². The molecule has 0 heterocycles. The van der Waals surface area contributed by atoms with E-state index in [1.807, 2.05) is 0 Å². The first kappa shape index (κ1) is 13.2. The van der Waals surface area contributed by atoms with Gasteiger partial charge in [-0.25, -0.2) is 0 Å². The van der Waals surface area contributed by atoms with E-state index >= 15 is 0 Å². The van der Waals surface area contributed by atoms with Crippen LogP contribution in [0.3, 0.4) is 0 Å². The van der Waals surface area contributed by atoms with Crippen molar-refractivity contribution in [2.45, 2.75) is 9.79 Å². The molecule has 0 N–H and O–H groups in total. The van der Waals surface area contributed by atoms with Crippen LogP contribution in [0, 0.1) is 10.1 Å². The van der Waals surface area contributed by atoms with Crippen LogP contribution in [0.4, 0.5) is 5.69 Å². The predicted molar refractivity (Wildman–Crippen MR) is 73.7 cm³/mol. The SMILES string of the molecule is O=[N+]([O-])c1ccc(Cl)cc1Sc1ccc(Cl)cc1. The van der Waals surface area contributed by atoms with Crippen LogP contribution < -0.4 is 0 Å². The lowest BCUT2D eigenvalue weighted by Crippen LogP contribution is -1.90. The number of hydrogen-bond acceptors (Lipinski definition) is 3. The number of halogens is 2. The fourth-order valence-corrected chi connectivity index (χ4v) is 2.67. The molecular formula is C12H7Cl2NO2S. The molecule has 0 unspecified atom stereocenters. The van der Waals surface area contributed by atoms with E-state index in [1.54, 1.807) is 30.3 Å². The number of nitro groups is 1. The lowest BCUT2D eigenvalue weighted by Gasteiger charge is -2.03. The lowest BCUT2D eigenvalue weighted by atomic mass is 10.3. The Morgan fingerprint density at radius 1 is 1.00 bits per heavy atom. The Morgan fingerprint density at radius 3 is 2.22 bits per heavy atom. The van der Waals surface area contributed by atoms with Crippen LogP contribution in [0.15, 0.2) is 52.3 Å². The number of hydrogen-bond donors (Lipinski definition) is 0. The van der Waals surface area contributed by atoms with Crippen LogP contribution in [0.2, 0.25) is 10.0 Å². The Bertz CT molecular complexity index is 587. The molecule has 0 spiro atoms. The Labute approximate surface area is 118 Å². The zero-order valence-corrected chi connectivity index (χ0v) is 11.3. The minimum atomic E-state index is -0.422. The highest BCUT2D eigenvalue weighted by Gasteiger charge is 2.14. The van der Waals surface area contributed by atoms with Crippen molar-refractivity contribution < 1.29 is 4.92 Å². The van der Waals surface area contributed by atoms with Gasteiger partial charge in [-0.2, -0.15) is 0 Å². The Kier molecular flexibility index (Phi) is 4.11. The molecular weight excluding hydrogens is 293 g/mol. The van der Waals surface area contributed by atoms with Crippen molar-refractivity contribution in [1.29, 1.82) is 0 Å². The third-order valence-corrected chi connectivity index (χ3v) is 3.70. The van der Waals surface area contributed by atoms with Gasteiger partial charge in [-0.1, -0.05) is 35.0 Å². The second-order valence-electron chi connectivity index (χ2n) is 3.43. The number of benzene rings is 2. The molecule has 0 fully saturated rings. The van der Waals surface area contributed by atoms with Gasteiger partial charge >= 0.3 is 0 Å². The van der Waals surface area contributed by atoms with E-state index in [0.29, 0.717) is 14.9 Å². The zero-order valence-electron chi connectivity index (χ0n) is 8.97. The predicted octanol–water partition coefficient (Wildman–Crippen LogP) is 5.05. The van der Waals surface area contributed by atoms with Crippen LogP contribution in [0.25, 0.3) is 0 Å². The van der Waals surface area contributed by atoms with Crippen LogP contribution in [-0.2, 0) is 0 Å². The summed E-state index contributed by atoms with van der Waals surface area (Å²) >= 11 is 12.9. The summed E-state index contributed by atoms with van der Waals surface area (Å²) in [6.07, 6.45) is 0. The molecule has 92 valence electrons. The summed E-state index contributed by atoms with van der Waals surface area (Å²) in [6, 6.07) is 11.6. The van der Waals surface area contributed by atoms with Gasteiger partial charge in [0.25, 0.3) is 5.69 Å². The molecule has 0 aliphatic heterocycles. The smallest absolute Gasteiger partial charge is 0.258 e. The molecule has 2 aromatic rings. The van der Waals surface area contributed by atoms with Crippen molar-refractivity contribution in [2.75, 3.05) is 0 Å². The molecule has 0 aliphatic rings. The van der Waals surface area contributed by atoms with Crippen molar-refractivity contribution in [2.24, 2.45) is 0 Å². The highest BCUT2D eigenvalue weighted by molar-refractivity contribution is 7.99. The van der Waals surface area contributed by atoms with E-state index in [0.717, 1.165) is 4.90 Å². The van der Waals surface area contributed by atoms with Gasteiger partial charge < -0.3 is 0 Å². The van der Waals surface area contributed by atoms with Crippen LogP contribution in [0.5, 0.6) is 0 Å². The maximum atomic E-state index is 10.9. The standard InChI is InChI=1S/C12H7Cl2NO2S/c13-8-1-4-10(5-2-8)18-12-7-9(14)3-6-11(12)15(16)17/h1-7H. The zero-order chi connectivity index (χ0) is 13.1. The molecule has 2 rings (SSSR count). The third kappa shape index (κ3) is 3.16. The molecule has 0 aliphatic carbocycles. The molecule has 2 aromatic carbocycles. The van der Waals surface area contributed by atoms with Gasteiger partial charge in [0.1, 0.15) is 0 Å².